The van der Waals surface area contributed by atoms with Crippen LogP contribution in [0, 0.1) is 0 Å². The maximum atomic E-state index is 11.0. The molecule has 0 fully saturated rings. The minimum absolute atomic E-state index is 0.0702. The molecule has 4 N–H and O–H groups in total. The number of amides is 1. The van der Waals surface area contributed by atoms with Crippen LogP contribution in [0.25, 0.3) is 5.69 Å². The fourth-order valence-electron chi connectivity index (χ4n) is 1.50. The lowest BCUT2D eigenvalue weighted by atomic mass is 10.3. The summed E-state index contributed by atoms with van der Waals surface area (Å²) in [5, 5.41) is 0. The molecule has 2 rings (SSSR count). The Morgan fingerprint density at radius 1 is 1.35 bits per heavy atom. The van der Waals surface area contributed by atoms with Crippen molar-refractivity contribution in [1.82, 2.24) is 9.55 Å². The van der Waals surface area contributed by atoms with E-state index in [-0.39, 0.29) is 11.5 Å². The Balaban J connectivity index is 2.42. The zero-order valence-electron chi connectivity index (χ0n) is 9.25. The number of aromatic nitrogens is 2. The highest BCUT2D eigenvalue weighted by Gasteiger charge is 2.13. The first-order valence-corrected chi connectivity index (χ1v) is 4.90. The van der Waals surface area contributed by atoms with Crippen LogP contribution in [0.1, 0.15) is 10.5 Å². The first-order chi connectivity index (χ1) is 8.13. The number of anilines is 1. The Kier molecular flexibility index (Phi) is 2.70. The predicted molar refractivity (Wildman–Crippen MR) is 63.0 cm³/mol. The topological polar surface area (TPSA) is 96.2 Å². The van der Waals surface area contributed by atoms with Crippen molar-refractivity contribution in [2.45, 2.75) is 0 Å². The van der Waals surface area contributed by atoms with E-state index in [0.717, 1.165) is 11.4 Å². The number of ether oxygens (including phenoxy) is 1. The summed E-state index contributed by atoms with van der Waals surface area (Å²) in [4.78, 5) is 14.9. The number of imidazole rings is 1. The summed E-state index contributed by atoms with van der Waals surface area (Å²) in [6.45, 7) is 0. The van der Waals surface area contributed by atoms with Gasteiger partial charge in [-0.1, -0.05) is 0 Å². The molecule has 0 saturated carbocycles. The highest BCUT2D eigenvalue weighted by Crippen LogP contribution is 2.19. The van der Waals surface area contributed by atoms with Gasteiger partial charge in [0.15, 0.2) is 5.69 Å². The van der Waals surface area contributed by atoms with E-state index < -0.39 is 5.91 Å². The van der Waals surface area contributed by atoms with Gasteiger partial charge in [-0.05, 0) is 24.3 Å². The predicted octanol–water partition coefficient (Wildman–Crippen LogP) is 0.562. The Morgan fingerprint density at radius 2 is 2.00 bits per heavy atom. The maximum absolute atomic E-state index is 11.0. The fourth-order valence-corrected chi connectivity index (χ4v) is 1.50. The average Bonchev–Trinajstić information content (AvgIpc) is 2.71. The van der Waals surface area contributed by atoms with Crippen LogP contribution < -0.4 is 16.2 Å². The van der Waals surface area contributed by atoms with Gasteiger partial charge in [0.1, 0.15) is 17.9 Å². The van der Waals surface area contributed by atoms with E-state index in [1.54, 1.807) is 23.8 Å². The molecule has 0 radical (unpaired) electrons. The molecule has 0 bridgehead atoms. The molecular weight excluding hydrogens is 220 g/mol. The highest BCUT2D eigenvalue weighted by molar-refractivity contribution is 5.95. The summed E-state index contributed by atoms with van der Waals surface area (Å²) in [5.74, 6) is 0.319. The Labute approximate surface area is 97.8 Å². The number of nitrogens with two attached hydrogens (primary N) is 2. The normalized spacial score (nSPS) is 10.2. The first kappa shape index (κ1) is 11.0. The van der Waals surface area contributed by atoms with E-state index in [4.69, 9.17) is 16.2 Å². The van der Waals surface area contributed by atoms with Gasteiger partial charge in [0, 0.05) is 5.69 Å². The molecule has 17 heavy (non-hydrogen) atoms. The third-order valence-electron chi connectivity index (χ3n) is 2.39. The molecule has 88 valence electrons. The molecule has 1 aromatic heterocycles. The maximum Gasteiger partial charge on any atom is 0.271 e. The van der Waals surface area contributed by atoms with Gasteiger partial charge in [-0.15, -0.1) is 0 Å². The monoisotopic (exact) mass is 232 g/mol. The standard InChI is InChI=1S/C11H12N4O2/c1-17-8-4-2-7(3-5-8)15-6-14-9(10(15)12)11(13)16/h2-6H,12H2,1H3,(H2,13,16). The lowest BCUT2D eigenvalue weighted by Crippen LogP contribution is -2.14. The molecule has 0 atom stereocenters. The van der Waals surface area contributed by atoms with Crippen LogP contribution in [0.5, 0.6) is 5.75 Å². The van der Waals surface area contributed by atoms with Gasteiger partial charge in [-0.3, -0.25) is 9.36 Å². The number of carbonyl (C=O) groups excluding carboxylic acids is 1. The van der Waals surface area contributed by atoms with Crippen LogP contribution in [0.4, 0.5) is 5.82 Å². The summed E-state index contributed by atoms with van der Waals surface area (Å²) >= 11 is 0. The molecule has 0 aliphatic carbocycles. The number of hydrogen-bond donors (Lipinski definition) is 2. The number of carbonyl (C=O) groups is 1. The smallest absolute Gasteiger partial charge is 0.271 e. The van der Waals surface area contributed by atoms with E-state index in [1.165, 1.54) is 6.33 Å². The second kappa shape index (κ2) is 4.17. The number of methoxy groups -OCH3 is 1. The lowest BCUT2D eigenvalue weighted by molar-refractivity contribution is 0.0997. The summed E-state index contributed by atoms with van der Waals surface area (Å²) in [7, 11) is 1.59. The molecule has 0 spiro atoms. The van der Waals surface area contributed by atoms with Crippen LogP contribution in [0.3, 0.4) is 0 Å². The van der Waals surface area contributed by atoms with E-state index in [0.29, 0.717) is 0 Å². The number of nitrogens with zero attached hydrogens (tertiary/aromatic N) is 2. The van der Waals surface area contributed by atoms with Crippen molar-refractivity contribution < 1.29 is 9.53 Å². The van der Waals surface area contributed by atoms with E-state index >= 15 is 0 Å². The molecule has 1 amide bonds. The van der Waals surface area contributed by atoms with Gasteiger partial charge in [0.2, 0.25) is 0 Å². The molecule has 0 aliphatic rings. The van der Waals surface area contributed by atoms with Crippen LogP contribution in [-0.2, 0) is 0 Å². The van der Waals surface area contributed by atoms with Crippen molar-refractivity contribution in [2.24, 2.45) is 5.73 Å². The molecule has 2 aromatic rings. The van der Waals surface area contributed by atoms with Crippen molar-refractivity contribution in [2.75, 3.05) is 12.8 Å². The van der Waals surface area contributed by atoms with E-state index in [2.05, 4.69) is 4.98 Å². The average molecular weight is 232 g/mol. The van der Waals surface area contributed by atoms with Gasteiger partial charge in [0.25, 0.3) is 5.91 Å². The van der Waals surface area contributed by atoms with E-state index in [9.17, 15) is 4.79 Å². The Bertz CT molecular complexity index is 545. The van der Waals surface area contributed by atoms with Crippen molar-refractivity contribution >= 4 is 11.7 Å². The van der Waals surface area contributed by atoms with E-state index in [1.807, 2.05) is 12.1 Å². The number of rotatable bonds is 3. The molecule has 0 aliphatic heterocycles. The molecule has 0 unspecified atom stereocenters. The molecular formula is C11H12N4O2. The van der Waals surface area contributed by atoms with Gasteiger partial charge < -0.3 is 16.2 Å². The van der Waals surface area contributed by atoms with Gasteiger partial charge in [-0.2, -0.15) is 0 Å². The van der Waals surface area contributed by atoms with Crippen LogP contribution in [-0.4, -0.2) is 22.6 Å². The van der Waals surface area contributed by atoms with Crippen LogP contribution in [0.2, 0.25) is 0 Å². The number of hydrogen-bond acceptors (Lipinski definition) is 4. The lowest BCUT2D eigenvalue weighted by Gasteiger charge is -2.06. The van der Waals surface area contributed by atoms with Crippen molar-refractivity contribution in [1.29, 1.82) is 0 Å². The molecule has 1 aromatic carbocycles. The molecule has 6 nitrogen and oxygen atoms in total. The zero-order chi connectivity index (χ0) is 12.4. The van der Waals surface area contributed by atoms with Crippen LogP contribution in [0.15, 0.2) is 30.6 Å². The Hall–Kier alpha value is -2.50. The van der Waals surface area contributed by atoms with Crippen LogP contribution >= 0.6 is 0 Å². The number of nitrogen functional groups attached to an aromatic ring is 1. The van der Waals surface area contributed by atoms with Gasteiger partial charge >= 0.3 is 0 Å². The second-order valence-electron chi connectivity index (χ2n) is 3.41. The summed E-state index contributed by atoms with van der Waals surface area (Å²) in [6.07, 6.45) is 1.46. The highest BCUT2D eigenvalue weighted by atomic mass is 16.5. The van der Waals surface area contributed by atoms with Gasteiger partial charge in [0.05, 0.1) is 7.11 Å². The minimum Gasteiger partial charge on any atom is -0.497 e. The summed E-state index contributed by atoms with van der Waals surface area (Å²) < 4.78 is 6.63. The largest absolute Gasteiger partial charge is 0.497 e. The molecule has 1 heterocycles. The third kappa shape index (κ3) is 1.92. The zero-order valence-corrected chi connectivity index (χ0v) is 9.25. The van der Waals surface area contributed by atoms with Crippen molar-refractivity contribution in [3.8, 4) is 11.4 Å². The summed E-state index contributed by atoms with van der Waals surface area (Å²) in [6, 6.07) is 7.20. The quantitative estimate of drug-likeness (QED) is 0.808. The number of benzene rings is 1. The fraction of sp³-hybridized carbons (Fsp3) is 0.0909. The minimum atomic E-state index is -0.644. The second-order valence-corrected chi connectivity index (χ2v) is 3.41. The first-order valence-electron chi connectivity index (χ1n) is 4.90. The van der Waals surface area contributed by atoms with Crippen molar-refractivity contribution in [3.05, 3.63) is 36.3 Å². The Morgan fingerprint density at radius 3 is 2.47 bits per heavy atom. The van der Waals surface area contributed by atoms with Gasteiger partial charge in [-0.25, -0.2) is 4.98 Å². The SMILES string of the molecule is COc1ccc(-n2cnc(C(N)=O)c2N)cc1. The molecule has 0 saturated heterocycles. The molecule has 6 heteroatoms. The summed E-state index contributed by atoms with van der Waals surface area (Å²) in [5.41, 5.74) is 11.8. The third-order valence-corrected chi connectivity index (χ3v) is 2.39. The number of primary amides is 1. The van der Waals surface area contributed by atoms with Crippen molar-refractivity contribution in [3.63, 3.8) is 0 Å².